The lowest BCUT2D eigenvalue weighted by molar-refractivity contribution is -0.124. The van der Waals surface area contributed by atoms with Gasteiger partial charge < -0.3 is 14.8 Å². The highest BCUT2D eigenvalue weighted by Gasteiger charge is 2.26. The van der Waals surface area contributed by atoms with Crippen molar-refractivity contribution in [2.75, 3.05) is 26.9 Å². The zero-order valence-electron chi connectivity index (χ0n) is 18.5. The Hall–Kier alpha value is -0.940. The number of ether oxygens (including phenoxy) is 2. The Bertz CT molecular complexity index is 417. The molecule has 0 aromatic rings. The molecule has 0 aromatic carbocycles. The standard InChI is InChI=1S/C20H35NO3.C3H8O.H2/c1-2-6-19(22)17-9-11-18(12-10-17)21-20(23)13-14-24-15-16-7-4-3-5-8-16;1-3-4-2;/h16-18H,2-15H2,1H3,(H,21,23);3H2,1-2H3;1H. The molecule has 0 bridgehead atoms. The van der Waals surface area contributed by atoms with E-state index in [1.807, 2.05) is 6.92 Å². The van der Waals surface area contributed by atoms with Crippen LogP contribution in [0.5, 0.6) is 0 Å². The summed E-state index contributed by atoms with van der Waals surface area (Å²) in [5.41, 5.74) is 0. The lowest BCUT2D eigenvalue weighted by Gasteiger charge is -2.28. The molecule has 0 aromatic heterocycles. The lowest BCUT2D eigenvalue weighted by atomic mass is 9.82. The average molecular weight is 400 g/mol. The van der Waals surface area contributed by atoms with Gasteiger partial charge in [0.15, 0.2) is 0 Å². The van der Waals surface area contributed by atoms with Gasteiger partial charge >= 0.3 is 0 Å². The quantitative estimate of drug-likeness (QED) is 0.530. The monoisotopic (exact) mass is 399 g/mol. The second kappa shape index (κ2) is 15.9. The van der Waals surface area contributed by atoms with E-state index in [0.717, 1.165) is 45.3 Å². The number of hydrogen-bond acceptors (Lipinski definition) is 4. The predicted octanol–water partition coefficient (Wildman–Crippen LogP) is 4.92. The van der Waals surface area contributed by atoms with Crippen LogP contribution in [0.1, 0.15) is 92.3 Å². The summed E-state index contributed by atoms with van der Waals surface area (Å²) in [5, 5.41) is 3.12. The molecule has 1 amide bonds. The van der Waals surface area contributed by atoms with Crippen LogP contribution in [0.25, 0.3) is 0 Å². The Morgan fingerprint density at radius 2 is 1.61 bits per heavy atom. The van der Waals surface area contributed by atoms with E-state index < -0.39 is 0 Å². The zero-order chi connectivity index (χ0) is 20.6. The second-order valence-corrected chi connectivity index (χ2v) is 8.24. The van der Waals surface area contributed by atoms with E-state index in [2.05, 4.69) is 17.0 Å². The normalized spacial score (nSPS) is 22.8. The lowest BCUT2D eigenvalue weighted by Crippen LogP contribution is -2.39. The van der Waals surface area contributed by atoms with Crippen LogP contribution in [-0.2, 0) is 19.1 Å². The van der Waals surface area contributed by atoms with Gasteiger partial charge in [0.25, 0.3) is 0 Å². The molecule has 2 rings (SSSR count). The zero-order valence-corrected chi connectivity index (χ0v) is 18.5. The molecule has 1 N–H and O–H groups in total. The summed E-state index contributed by atoms with van der Waals surface area (Å²) in [7, 11) is 1.68. The van der Waals surface area contributed by atoms with Crippen LogP contribution in [-0.4, -0.2) is 44.7 Å². The Morgan fingerprint density at radius 1 is 0.964 bits per heavy atom. The molecule has 5 heteroatoms. The second-order valence-electron chi connectivity index (χ2n) is 8.24. The van der Waals surface area contributed by atoms with Gasteiger partial charge in [0, 0.05) is 46.6 Å². The summed E-state index contributed by atoms with van der Waals surface area (Å²) in [6.07, 6.45) is 12.4. The van der Waals surface area contributed by atoms with Crippen LogP contribution in [0.4, 0.5) is 0 Å². The molecular weight excluding hydrogens is 354 g/mol. The first-order valence-corrected chi connectivity index (χ1v) is 11.5. The van der Waals surface area contributed by atoms with E-state index >= 15 is 0 Å². The van der Waals surface area contributed by atoms with Gasteiger partial charge in [-0.05, 0) is 57.8 Å². The summed E-state index contributed by atoms with van der Waals surface area (Å²) in [4.78, 5) is 24.0. The van der Waals surface area contributed by atoms with Crippen LogP contribution in [0, 0.1) is 11.8 Å². The van der Waals surface area contributed by atoms with Gasteiger partial charge in [0.2, 0.25) is 5.91 Å². The number of hydrogen-bond donors (Lipinski definition) is 1. The van der Waals surface area contributed by atoms with E-state index in [1.54, 1.807) is 7.11 Å². The molecule has 166 valence electrons. The number of amides is 1. The number of rotatable bonds is 10. The summed E-state index contributed by atoms with van der Waals surface area (Å²) in [5.74, 6) is 1.45. The topological polar surface area (TPSA) is 64.6 Å². The van der Waals surface area contributed by atoms with Gasteiger partial charge in [-0.15, -0.1) is 0 Å². The molecule has 2 saturated carbocycles. The molecule has 2 aliphatic rings. The highest BCUT2D eigenvalue weighted by atomic mass is 16.5. The molecule has 0 saturated heterocycles. The summed E-state index contributed by atoms with van der Waals surface area (Å²) < 4.78 is 10.2. The number of carbonyl (C=O) groups is 2. The van der Waals surface area contributed by atoms with Gasteiger partial charge in [-0.1, -0.05) is 26.2 Å². The van der Waals surface area contributed by atoms with Crippen molar-refractivity contribution in [2.24, 2.45) is 11.8 Å². The van der Waals surface area contributed by atoms with Gasteiger partial charge in [-0.25, -0.2) is 0 Å². The maximum Gasteiger partial charge on any atom is 0.222 e. The van der Waals surface area contributed by atoms with Crippen molar-refractivity contribution < 1.29 is 20.5 Å². The Kier molecular flexibility index (Phi) is 14.3. The third kappa shape index (κ3) is 11.2. The molecule has 0 aliphatic heterocycles. The largest absolute Gasteiger partial charge is 0.385 e. The molecule has 2 fully saturated rings. The van der Waals surface area contributed by atoms with Gasteiger partial charge in [0.1, 0.15) is 5.78 Å². The highest BCUT2D eigenvalue weighted by Crippen LogP contribution is 2.26. The van der Waals surface area contributed by atoms with Crippen LogP contribution in [0.2, 0.25) is 0 Å². The summed E-state index contributed by atoms with van der Waals surface area (Å²) >= 11 is 0. The highest BCUT2D eigenvalue weighted by molar-refractivity contribution is 5.81. The molecule has 5 nitrogen and oxygen atoms in total. The fourth-order valence-corrected chi connectivity index (χ4v) is 4.08. The smallest absolute Gasteiger partial charge is 0.222 e. The molecular formula is C23H45NO4. The third-order valence-corrected chi connectivity index (χ3v) is 5.88. The molecule has 0 atom stereocenters. The van der Waals surface area contributed by atoms with Gasteiger partial charge in [0.05, 0.1) is 6.61 Å². The van der Waals surface area contributed by atoms with Crippen LogP contribution < -0.4 is 5.32 Å². The minimum Gasteiger partial charge on any atom is -0.385 e. The molecule has 0 radical (unpaired) electrons. The fraction of sp³-hybridized carbons (Fsp3) is 0.913. The third-order valence-electron chi connectivity index (χ3n) is 5.88. The van der Waals surface area contributed by atoms with E-state index in [0.29, 0.717) is 31.1 Å². The van der Waals surface area contributed by atoms with E-state index in [4.69, 9.17) is 4.74 Å². The minimum absolute atomic E-state index is 0. The van der Waals surface area contributed by atoms with Crippen LogP contribution >= 0.6 is 0 Å². The van der Waals surface area contributed by atoms with Crippen molar-refractivity contribution in [1.29, 1.82) is 0 Å². The molecule has 0 spiro atoms. The van der Waals surface area contributed by atoms with Crippen LogP contribution in [0.3, 0.4) is 0 Å². The maximum absolute atomic E-state index is 12.0. The van der Waals surface area contributed by atoms with E-state index in [1.165, 1.54) is 32.1 Å². The minimum atomic E-state index is 0. The Balaban J connectivity index is 0.00000143. The first-order chi connectivity index (χ1) is 13.6. The molecule has 0 heterocycles. The van der Waals surface area contributed by atoms with Crippen molar-refractivity contribution in [2.45, 2.75) is 96.9 Å². The van der Waals surface area contributed by atoms with Crippen molar-refractivity contribution in [1.82, 2.24) is 5.32 Å². The number of carbonyl (C=O) groups excluding carboxylic acids is 2. The van der Waals surface area contributed by atoms with E-state index in [9.17, 15) is 9.59 Å². The first-order valence-electron chi connectivity index (χ1n) is 11.5. The van der Waals surface area contributed by atoms with E-state index in [-0.39, 0.29) is 19.3 Å². The number of methoxy groups -OCH3 is 1. The molecule has 0 unspecified atom stereocenters. The Morgan fingerprint density at radius 3 is 2.18 bits per heavy atom. The van der Waals surface area contributed by atoms with Crippen LogP contribution in [0.15, 0.2) is 0 Å². The van der Waals surface area contributed by atoms with Gasteiger partial charge in [-0.3, -0.25) is 9.59 Å². The maximum atomic E-state index is 12.0. The molecule has 28 heavy (non-hydrogen) atoms. The fourth-order valence-electron chi connectivity index (χ4n) is 4.08. The van der Waals surface area contributed by atoms with Crippen molar-refractivity contribution in [3.63, 3.8) is 0 Å². The number of ketones is 1. The van der Waals surface area contributed by atoms with Gasteiger partial charge in [-0.2, -0.15) is 0 Å². The van der Waals surface area contributed by atoms with Crippen molar-refractivity contribution >= 4 is 11.7 Å². The number of nitrogens with one attached hydrogen (secondary N) is 1. The van der Waals surface area contributed by atoms with Crippen molar-refractivity contribution in [3.05, 3.63) is 0 Å². The SMILES string of the molecule is CCCC(=O)C1CCC(NC(=O)CCOCC2CCCCC2)CC1.CCOC.[HH]. The predicted molar refractivity (Wildman–Crippen MR) is 115 cm³/mol. The molecule has 2 aliphatic carbocycles. The summed E-state index contributed by atoms with van der Waals surface area (Å²) in [6, 6.07) is 0.251. The average Bonchev–Trinajstić information content (AvgIpc) is 2.73. The first kappa shape index (κ1) is 25.1. The number of Topliss-reactive ketones (excluding diaryl/α,β-unsaturated/α-hetero) is 1. The Labute approximate surface area is 173 Å². The summed E-state index contributed by atoms with van der Waals surface area (Å²) in [6.45, 7) is 6.19. The van der Waals surface area contributed by atoms with Crippen molar-refractivity contribution in [3.8, 4) is 0 Å².